The van der Waals surface area contributed by atoms with Crippen LogP contribution < -0.4 is 11.1 Å². The maximum Gasteiger partial charge on any atom is 0.0672 e. The maximum absolute atomic E-state index is 6.02. The summed E-state index contributed by atoms with van der Waals surface area (Å²) in [6.45, 7) is 5.61. The van der Waals surface area contributed by atoms with Crippen LogP contribution in [0.2, 0.25) is 0 Å². The fourth-order valence-electron chi connectivity index (χ4n) is 2.32. The highest BCUT2D eigenvalue weighted by Crippen LogP contribution is 2.51. The number of nitrogens with one attached hydrogen (secondary N) is 2. The summed E-state index contributed by atoms with van der Waals surface area (Å²) in [5, 5.41) is 11.5. The van der Waals surface area contributed by atoms with Crippen LogP contribution in [0.25, 0.3) is 10.9 Å². The third-order valence-electron chi connectivity index (χ3n) is 3.87. The molecule has 17 heavy (non-hydrogen) atoms. The molecule has 0 radical (unpaired) electrons. The highest BCUT2D eigenvalue weighted by atomic mass is 15.1. The van der Waals surface area contributed by atoms with Gasteiger partial charge in [-0.2, -0.15) is 5.10 Å². The first kappa shape index (κ1) is 10.4. The topological polar surface area (TPSA) is 66.7 Å². The van der Waals surface area contributed by atoms with Crippen molar-refractivity contribution in [3.05, 3.63) is 18.3 Å². The maximum atomic E-state index is 6.02. The molecule has 0 saturated heterocycles. The molecule has 0 amide bonds. The van der Waals surface area contributed by atoms with Gasteiger partial charge in [0.2, 0.25) is 0 Å². The first-order valence-electron chi connectivity index (χ1n) is 6.03. The Hall–Kier alpha value is -1.71. The number of fused-ring (bicyclic) bond motifs is 1. The summed E-state index contributed by atoms with van der Waals surface area (Å²) in [4.78, 5) is 0. The first-order chi connectivity index (χ1) is 8.06. The van der Waals surface area contributed by atoms with Crippen molar-refractivity contribution in [2.24, 2.45) is 11.3 Å². The van der Waals surface area contributed by atoms with Crippen LogP contribution in [0, 0.1) is 11.3 Å². The summed E-state index contributed by atoms with van der Waals surface area (Å²) in [5.41, 5.74) is 9.33. The molecule has 2 aromatic rings. The second kappa shape index (κ2) is 3.39. The van der Waals surface area contributed by atoms with Gasteiger partial charge < -0.3 is 11.1 Å². The van der Waals surface area contributed by atoms with Gasteiger partial charge in [0.05, 0.1) is 23.1 Å². The van der Waals surface area contributed by atoms with E-state index in [-0.39, 0.29) is 0 Å². The Kier molecular flexibility index (Phi) is 2.08. The fraction of sp³-hybridized carbons (Fsp3) is 0.462. The molecule has 1 saturated carbocycles. The third-order valence-corrected chi connectivity index (χ3v) is 3.87. The molecule has 1 unspecified atom stereocenters. The van der Waals surface area contributed by atoms with E-state index in [9.17, 15) is 0 Å². The number of anilines is 2. The van der Waals surface area contributed by atoms with E-state index in [4.69, 9.17) is 5.73 Å². The van der Waals surface area contributed by atoms with Crippen LogP contribution in [0.1, 0.15) is 20.3 Å². The van der Waals surface area contributed by atoms with Crippen LogP contribution in [0.5, 0.6) is 0 Å². The molecule has 90 valence electrons. The third kappa shape index (κ3) is 1.84. The molecule has 4 N–H and O–H groups in total. The Morgan fingerprint density at radius 3 is 3.00 bits per heavy atom. The molecule has 1 aromatic carbocycles. The van der Waals surface area contributed by atoms with Gasteiger partial charge in [-0.3, -0.25) is 5.10 Å². The van der Waals surface area contributed by atoms with Gasteiger partial charge in [-0.15, -0.1) is 0 Å². The molecular formula is C13H18N4. The second-order valence-electron chi connectivity index (χ2n) is 5.67. The van der Waals surface area contributed by atoms with Crippen molar-refractivity contribution in [2.45, 2.75) is 20.3 Å². The van der Waals surface area contributed by atoms with Crippen LogP contribution in [-0.2, 0) is 0 Å². The standard InChI is InChI=1S/C13H18N4/c1-13(2)5-9(13)7-15-12-4-11-8(3-10(12)14)6-16-17-11/h3-4,6,9,15H,5,7,14H2,1-2H3,(H,16,17). The number of hydrogen-bond donors (Lipinski definition) is 3. The molecule has 4 heteroatoms. The van der Waals surface area contributed by atoms with Crippen molar-refractivity contribution in [3.8, 4) is 0 Å². The SMILES string of the molecule is CC1(C)CC1CNc1cc2[nH]ncc2cc1N. The van der Waals surface area contributed by atoms with Crippen molar-refractivity contribution >= 4 is 22.3 Å². The molecule has 1 aliphatic rings. The molecular weight excluding hydrogens is 212 g/mol. The number of nitrogen functional groups attached to an aromatic ring is 1. The van der Waals surface area contributed by atoms with Crippen molar-refractivity contribution in [1.82, 2.24) is 10.2 Å². The van der Waals surface area contributed by atoms with Crippen LogP contribution in [0.3, 0.4) is 0 Å². The number of nitrogens with two attached hydrogens (primary N) is 1. The van der Waals surface area contributed by atoms with Gasteiger partial charge in [-0.05, 0) is 29.9 Å². The van der Waals surface area contributed by atoms with Gasteiger partial charge in [-0.1, -0.05) is 13.8 Å². The zero-order chi connectivity index (χ0) is 12.0. The monoisotopic (exact) mass is 230 g/mol. The Bertz CT molecular complexity index is 556. The molecule has 0 aliphatic heterocycles. The zero-order valence-electron chi connectivity index (χ0n) is 10.2. The molecule has 1 fully saturated rings. The van der Waals surface area contributed by atoms with Gasteiger partial charge in [0.25, 0.3) is 0 Å². The van der Waals surface area contributed by atoms with E-state index in [1.165, 1.54) is 6.42 Å². The molecule has 1 heterocycles. The Balaban J connectivity index is 1.78. The predicted octanol–water partition coefficient (Wildman–Crippen LogP) is 2.60. The average Bonchev–Trinajstić information content (AvgIpc) is 2.70. The highest BCUT2D eigenvalue weighted by molar-refractivity contribution is 5.88. The predicted molar refractivity (Wildman–Crippen MR) is 70.9 cm³/mol. The van der Waals surface area contributed by atoms with Gasteiger partial charge in [-0.25, -0.2) is 0 Å². The minimum atomic E-state index is 0.500. The van der Waals surface area contributed by atoms with E-state index in [0.717, 1.165) is 34.7 Å². The lowest BCUT2D eigenvalue weighted by atomic mass is 10.1. The lowest BCUT2D eigenvalue weighted by Crippen LogP contribution is -2.08. The molecule has 0 bridgehead atoms. The van der Waals surface area contributed by atoms with E-state index in [2.05, 4.69) is 29.4 Å². The number of benzene rings is 1. The molecule has 1 aliphatic carbocycles. The van der Waals surface area contributed by atoms with Crippen LogP contribution >= 0.6 is 0 Å². The minimum Gasteiger partial charge on any atom is -0.397 e. The van der Waals surface area contributed by atoms with Gasteiger partial charge in [0, 0.05) is 11.9 Å². The summed E-state index contributed by atoms with van der Waals surface area (Å²) in [6, 6.07) is 3.99. The Morgan fingerprint density at radius 2 is 2.29 bits per heavy atom. The summed E-state index contributed by atoms with van der Waals surface area (Å²) < 4.78 is 0. The van der Waals surface area contributed by atoms with E-state index >= 15 is 0 Å². The van der Waals surface area contributed by atoms with Gasteiger partial charge in [0.15, 0.2) is 0 Å². The van der Waals surface area contributed by atoms with Crippen LogP contribution in [0.4, 0.5) is 11.4 Å². The van der Waals surface area contributed by atoms with Crippen molar-refractivity contribution in [3.63, 3.8) is 0 Å². The van der Waals surface area contributed by atoms with E-state index in [1.807, 2.05) is 12.1 Å². The summed E-state index contributed by atoms with van der Waals surface area (Å²) >= 11 is 0. The van der Waals surface area contributed by atoms with E-state index in [1.54, 1.807) is 6.20 Å². The largest absolute Gasteiger partial charge is 0.397 e. The smallest absolute Gasteiger partial charge is 0.0672 e. The molecule has 4 nitrogen and oxygen atoms in total. The summed E-state index contributed by atoms with van der Waals surface area (Å²) in [5.74, 6) is 0.763. The normalized spacial score (nSPS) is 21.6. The quantitative estimate of drug-likeness (QED) is 0.710. The molecule has 1 atom stereocenters. The first-order valence-corrected chi connectivity index (χ1v) is 6.03. The van der Waals surface area contributed by atoms with E-state index < -0.39 is 0 Å². The van der Waals surface area contributed by atoms with Gasteiger partial charge >= 0.3 is 0 Å². The van der Waals surface area contributed by atoms with Crippen LogP contribution in [-0.4, -0.2) is 16.7 Å². The Labute approximate surface area is 101 Å². The number of hydrogen-bond acceptors (Lipinski definition) is 3. The molecule has 1 aromatic heterocycles. The molecule has 3 rings (SSSR count). The number of nitrogens with zero attached hydrogens (tertiary/aromatic N) is 1. The van der Waals surface area contributed by atoms with Crippen molar-refractivity contribution in [1.29, 1.82) is 0 Å². The van der Waals surface area contributed by atoms with Crippen molar-refractivity contribution < 1.29 is 0 Å². The lowest BCUT2D eigenvalue weighted by molar-refractivity contribution is 0.573. The van der Waals surface area contributed by atoms with E-state index in [0.29, 0.717) is 5.41 Å². The fourth-order valence-corrected chi connectivity index (χ4v) is 2.32. The average molecular weight is 230 g/mol. The second-order valence-corrected chi connectivity index (χ2v) is 5.67. The van der Waals surface area contributed by atoms with Crippen LogP contribution in [0.15, 0.2) is 18.3 Å². The highest BCUT2D eigenvalue weighted by Gasteiger charge is 2.44. The number of rotatable bonds is 3. The number of H-pyrrole nitrogens is 1. The van der Waals surface area contributed by atoms with Gasteiger partial charge in [0.1, 0.15) is 0 Å². The van der Waals surface area contributed by atoms with Crippen molar-refractivity contribution in [2.75, 3.05) is 17.6 Å². The zero-order valence-corrected chi connectivity index (χ0v) is 10.2. The summed E-state index contributed by atoms with van der Waals surface area (Å²) in [6.07, 6.45) is 3.09. The summed E-state index contributed by atoms with van der Waals surface area (Å²) in [7, 11) is 0. The molecule has 0 spiro atoms. The Morgan fingerprint density at radius 1 is 1.53 bits per heavy atom. The minimum absolute atomic E-state index is 0.500. The number of aromatic nitrogens is 2. The number of aromatic amines is 1. The lowest BCUT2D eigenvalue weighted by Gasteiger charge is -2.10.